The van der Waals surface area contributed by atoms with Crippen molar-refractivity contribution >= 4 is 27.5 Å². The highest BCUT2D eigenvalue weighted by Crippen LogP contribution is 2.34. The van der Waals surface area contributed by atoms with Crippen molar-refractivity contribution in [3.05, 3.63) is 52.0 Å². The van der Waals surface area contributed by atoms with E-state index in [1.165, 1.54) is 0 Å². The summed E-state index contributed by atoms with van der Waals surface area (Å²) in [5.74, 6) is 1.08. The van der Waals surface area contributed by atoms with E-state index < -0.39 is 0 Å². The number of hydrogen-bond acceptors (Lipinski definition) is 4. The van der Waals surface area contributed by atoms with Crippen molar-refractivity contribution in [3.8, 4) is 17.6 Å². The van der Waals surface area contributed by atoms with Crippen LogP contribution in [0.15, 0.2) is 40.9 Å². The van der Waals surface area contributed by atoms with E-state index in [1.54, 1.807) is 24.3 Å². The maximum Gasteiger partial charge on any atom is 0.228 e. The number of halogens is 1. The summed E-state index contributed by atoms with van der Waals surface area (Å²) in [4.78, 5) is 12.3. The molecule has 0 heterocycles. The molecule has 0 unspecified atom stereocenters. The second kappa shape index (κ2) is 9.09. The number of ether oxygens (including phenoxy) is 2. The van der Waals surface area contributed by atoms with Gasteiger partial charge in [0.05, 0.1) is 31.3 Å². The molecule has 0 fully saturated rings. The number of nitrogens with zero attached hydrogens (tertiary/aromatic N) is 1. The number of nitrogens with one attached hydrogen (secondary N) is 1. The summed E-state index contributed by atoms with van der Waals surface area (Å²) >= 11 is 3.48. The standard InChI is InChI=1S/C19H19BrN2O3/c1-3-24-17-9-14(16(20)11-18(17)25-4-2)10-19(23)22-15-7-5-6-13(8-15)12-21/h5-9,11H,3-4,10H2,1-2H3,(H,22,23). The Bertz CT molecular complexity index is 800. The van der Waals surface area contributed by atoms with Crippen molar-refractivity contribution in [2.45, 2.75) is 20.3 Å². The smallest absolute Gasteiger partial charge is 0.228 e. The number of nitriles is 1. The van der Waals surface area contributed by atoms with Crippen LogP contribution in [0.25, 0.3) is 0 Å². The number of amides is 1. The predicted molar refractivity (Wildman–Crippen MR) is 100.0 cm³/mol. The fourth-order valence-electron chi connectivity index (χ4n) is 2.29. The third-order valence-electron chi connectivity index (χ3n) is 3.34. The van der Waals surface area contributed by atoms with Crippen LogP contribution in [0.3, 0.4) is 0 Å². The lowest BCUT2D eigenvalue weighted by Gasteiger charge is -2.14. The Morgan fingerprint density at radius 3 is 2.48 bits per heavy atom. The van der Waals surface area contributed by atoms with Gasteiger partial charge in [-0.3, -0.25) is 4.79 Å². The number of anilines is 1. The predicted octanol–water partition coefficient (Wildman–Crippen LogP) is 4.30. The van der Waals surface area contributed by atoms with Gasteiger partial charge in [0.1, 0.15) is 0 Å². The number of carbonyl (C=O) groups excluding carboxylic acids is 1. The number of benzene rings is 2. The van der Waals surface area contributed by atoms with Crippen molar-refractivity contribution in [2.24, 2.45) is 0 Å². The molecule has 2 aromatic rings. The lowest BCUT2D eigenvalue weighted by molar-refractivity contribution is -0.115. The largest absolute Gasteiger partial charge is 0.490 e. The molecule has 0 saturated heterocycles. The minimum Gasteiger partial charge on any atom is -0.490 e. The molecule has 0 saturated carbocycles. The second-order valence-corrected chi connectivity index (χ2v) is 6.03. The van der Waals surface area contributed by atoms with Crippen LogP contribution in [0.1, 0.15) is 25.0 Å². The van der Waals surface area contributed by atoms with Crippen LogP contribution in [0.4, 0.5) is 5.69 Å². The molecule has 2 rings (SSSR count). The van der Waals surface area contributed by atoms with Gasteiger partial charge < -0.3 is 14.8 Å². The van der Waals surface area contributed by atoms with E-state index in [0.717, 1.165) is 10.0 Å². The number of hydrogen-bond donors (Lipinski definition) is 1. The maximum atomic E-state index is 12.3. The molecule has 130 valence electrons. The van der Waals surface area contributed by atoms with E-state index in [0.29, 0.717) is 36.0 Å². The van der Waals surface area contributed by atoms with Gasteiger partial charge in [0.2, 0.25) is 5.91 Å². The van der Waals surface area contributed by atoms with Crippen LogP contribution in [0.5, 0.6) is 11.5 Å². The Kier molecular flexibility index (Phi) is 6.84. The zero-order valence-electron chi connectivity index (χ0n) is 14.1. The van der Waals surface area contributed by atoms with Crippen LogP contribution in [0.2, 0.25) is 0 Å². The summed E-state index contributed by atoms with van der Waals surface area (Å²) in [7, 11) is 0. The zero-order valence-corrected chi connectivity index (χ0v) is 15.7. The van der Waals surface area contributed by atoms with Crippen LogP contribution in [-0.2, 0) is 11.2 Å². The molecule has 1 amide bonds. The van der Waals surface area contributed by atoms with Crippen LogP contribution < -0.4 is 14.8 Å². The molecule has 0 radical (unpaired) electrons. The monoisotopic (exact) mass is 402 g/mol. The highest BCUT2D eigenvalue weighted by molar-refractivity contribution is 9.10. The van der Waals surface area contributed by atoms with Crippen LogP contribution in [-0.4, -0.2) is 19.1 Å². The van der Waals surface area contributed by atoms with E-state index in [4.69, 9.17) is 14.7 Å². The first-order chi connectivity index (χ1) is 12.1. The Hall–Kier alpha value is -2.52. The normalized spacial score (nSPS) is 10.0. The second-order valence-electron chi connectivity index (χ2n) is 5.17. The third kappa shape index (κ3) is 5.23. The third-order valence-corrected chi connectivity index (χ3v) is 4.08. The van der Waals surface area contributed by atoms with Gasteiger partial charge in [-0.25, -0.2) is 0 Å². The summed E-state index contributed by atoms with van der Waals surface area (Å²) in [6.45, 7) is 4.84. The lowest BCUT2D eigenvalue weighted by atomic mass is 10.1. The summed E-state index contributed by atoms with van der Waals surface area (Å²) in [5.41, 5.74) is 1.88. The van der Waals surface area contributed by atoms with E-state index >= 15 is 0 Å². The van der Waals surface area contributed by atoms with Crippen molar-refractivity contribution in [1.82, 2.24) is 0 Å². The molecule has 6 heteroatoms. The highest BCUT2D eigenvalue weighted by atomic mass is 79.9. The molecule has 0 aliphatic heterocycles. The Balaban J connectivity index is 2.16. The first-order valence-electron chi connectivity index (χ1n) is 7.95. The molecular weight excluding hydrogens is 384 g/mol. The van der Waals surface area contributed by atoms with Crippen LogP contribution in [0, 0.1) is 11.3 Å². The zero-order chi connectivity index (χ0) is 18.2. The fourth-order valence-corrected chi connectivity index (χ4v) is 2.76. The van der Waals surface area contributed by atoms with E-state index in [9.17, 15) is 4.79 Å². The van der Waals surface area contributed by atoms with Gasteiger partial charge in [0.15, 0.2) is 11.5 Å². The van der Waals surface area contributed by atoms with Crippen molar-refractivity contribution < 1.29 is 14.3 Å². The summed E-state index contributed by atoms with van der Waals surface area (Å²) in [5, 5.41) is 11.7. The molecule has 0 aliphatic rings. The molecular formula is C19H19BrN2O3. The molecule has 2 aromatic carbocycles. The first-order valence-corrected chi connectivity index (χ1v) is 8.74. The van der Waals surface area contributed by atoms with Gasteiger partial charge in [-0.1, -0.05) is 22.0 Å². The Morgan fingerprint density at radius 2 is 1.84 bits per heavy atom. The molecule has 0 aliphatic carbocycles. The van der Waals surface area contributed by atoms with Crippen molar-refractivity contribution in [3.63, 3.8) is 0 Å². The van der Waals surface area contributed by atoms with Gasteiger partial charge in [0.25, 0.3) is 0 Å². The fraction of sp³-hybridized carbons (Fsp3) is 0.263. The number of rotatable bonds is 7. The topological polar surface area (TPSA) is 71.3 Å². The SMILES string of the molecule is CCOc1cc(Br)c(CC(=O)Nc2cccc(C#N)c2)cc1OCC. The van der Waals surface area contributed by atoms with Gasteiger partial charge in [0, 0.05) is 10.2 Å². The Morgan fingerprint density at radius 1 is 1.16 bits per heavy atom. The van der Waals surface area contributed by atoms with Gasteiger partial charge in [-0.15, -0.1) is 0 Å². The summed E-state index contributed by atoms with van der Waals surface area (Å²) in [6, 6.07) is 12.5. The molecule has 25 heavy (non-hydrogen) atoms. The molecule has 5 nitrogen and oxygen atoms in total. The van der Waals surface area contributed by atoms with E-state index in [2.05, 4.69) is 21.2 Å². The van der Waals surface area contributed by atoms with Crippen molar-refractivity contribution in [1.29, 1.82) is 5.26 Å². The number of carbonyl (C=O) groups is 1. The highest BCUT2D eigenvalue weighted by Gasteiger charge is 2.14. The molecule has 0 spiro atoms. The Labute approximate surface area is 155 Å². The molecule has 1 N–H and O–H groups in total. The summed E-state index contributed by atoms with van der Waals surface area (Å²) in [6.07, 6.45) is 0.170. The minimum absolute atomic E-state index is 0.170. The lowest BCUT2D eigenvalue weighted by Crippen LogP contribution is -2.15. The minimum atomic E-state index is -0.178. The average Bonchev–Trinajstić information content (AvgIpc) is 2.59. The van der Waals surface area contributed by atoms with Gasteiger partial charge >= 0.3 is 0 Å². The average molecular weight is 403 g/mol. The first kappa shape index (κ1) is 18.8. The molecule has 0 bridgehead atoms. The van der Waals surface area contributed by atoms with E-state index in [-0.39, 0.29) is 12.3 Å². The summed E-state index contributed by atoms with van der Waals surface area (Å²) < 4.78 is 11.9. The van der Waals surface area contributed by atoms with Crippen LogP contribution >= 0.6 is 15.9 Å². The van der Waals surface area contributed by atoms with Gasteiger partial charge in [-0.2, -0.15) is 5.26 Å². The van der Waals surface area contributed by atoms with Gasteiger partial charge in [-0.05, 0) is 49.7 Å². The molecule has 0 aromatic heterocycles. The molecule has 0 atom stereocenters. The van der Waals surface area contributed by atoms with E-state index in [1.807, 2.05) is 32.0 Å². The van der Waals surface area contributed by atoms with Crippen molar-refractivity contribution in [2.75, 3.05) is 18.5 Å². The quantitative estimate of drug-likeness (QED) is 0.749. The maximum absolute atomic E-state index is 12.3.